The lowest BCUT2D eigenvalue weighted by Crippen LogP contribution is -2.35. The van der Waals surface area contributed by atoms with E-state index in [9.17, 15) is 4.79 Å². The molecule has 1 aliphatic rings. The lowest BCUT2D eigenvalue weighted by atomic mass is 9.83. The molecule has 2 rings (SSSR count). The number of rotatable bonds is 4. The van der Waals surface area contributed by atoms with Crippen LogP contribution in [0.15, 0.2) is 12.1 Å². The topological polar surface area (TPSA) is 29.1 Å². The highest BCUT2D eigenvalue weighted by Crippen LogP contribution is 2.28. The van der Waals surface area contributed by atoms with Crippen LogP contribution in [-0.2, 0) is 16.6 Å². The Balaban J connectivity index is 1.98. The normalized spacial score (nSPS) is 15.7. The fourth-order valence-corrected chi connectivity index (χ4v) is 2.95. The van der Waals surface area contributed by atoms with E-state index in [-0.39, 0.29) is 17.2 Å². The van der Waals surface area contributed by atoms with Gasteiger partial charge in [-0.15, -0.1) is 0 Å². The Morgan fingerprint density at radius 1 is 1.19 bits per heavy atom. The molecule has 0 atom stereocenters. The molecule has 0 saturated heterocycles. The number of benzene rings is 1. The number of amides is 1. The molecule has 0 unspecified atom stereocenters. The van der Waals surface area contributed by atoms with Crippen molar-refractivity contribution in [1.82, 2.24) is 5.32 Å². The van der Waals surface area contributed by atoms with Crippen molar-refractivity contribution in [1.29, 1.82) is 0 Å². The Bertz CT molecular complexity index is 498. The first-order valence-corrected chi connectivity index (χ1v) is 8.17. The maximum absolute atomic E-state index is 11.9. The summed E-state index contributed by atoms with van der Waals surface area (Å²) in [7, 11) is 0. The average Bonchev–Trinajstić information content (AvgIpc) is 2.28. The molecule has 116 valence electrons. The lowest BCUT2D eigenvalue weighted by molar-refractivity contribution is -0.127. The first-order chi connectivity index (χ1) is 9.79. The molecule has 2 nitrogen and oxygen atoms in total. The molecule has 1 fully saturated rings. The van der Waals surface area contributed by atoms with Gasteiger partial charge in [0.05, 0.1) is 0 Å². The van der Waals surface area contributed by atoms with Gasteiger partial charge in [-0.05, 0) is 60.8 Å². The van der Waals surface area contributed by atoms with Crippen LogP contribution in [0.4, 0.5) is 0 Å². The van der Waals surface area contributed by atoms with E-state index < -0.39 is 0 Å². The maximum Gasteiger partial charge on any atom is 0.223 e. The van der Waals surface area contributed by atoms with E-state index in [2.05, 4.69) is 52.1 Å². The van der Waals surface area contributed by atoms with Crippen molar-refractivity contribution in [2.45, 2.75) is 65.7 Å². The second kappa shape index (κ2) is 6.21. The molecule has 0 spiro atoms. The van der Waals surface area contributed by atoms with Crippen molar-refractivity contribution < 1.29 is 4.79 Å². The molecule has 1 saturated carbocycles. The zero-order chi connectivity index (χ0) is 15.6. The standard InChI is InChI=1S/C19H29NO/c1-13-11-16(19(3,4)5)12-14(2)17(13)9-10-20-18(21)15-7-6-8-15/h11-12,15H,6-10H2,1-5H3,(H,20,21). The van der Waals surface area contributed by atoms with Gasteiger partial charge >= 0.3 is 0 Å². The second-order valence-corrected chi connectivity index (χ2v) is 7.51. The molecule has 0 radical (unpaired) electrons. The second-order valence-electron chi connectivity index (χ2n) is 7.51. The van der Waals surface area contributed by atoms with Crippen LogP contribution in [0.1, 0.15) is 62.3 Å². The van der Waals surface area contributed by atoms with Crippen molar-refractivity contribution in [3.8, 4) is 0 Å². The maximum atomic E-state index is 11.9. The molecule has 0 heterocycles. The third-order valence-electron chi connectivity index (χ3n) is 4.71. The van der Waals surface area contributed by atoms with E-state index in [1.807, 2.05) is 0 Å². The van der Waals surface area contributed by atoms with Crippen LogP contribution in [0.5, 0.6) is 0 Å². The van der Waals surface area contributed by atoms with E-state index in [0.29, 0.717) is 0 Å². The van der Waals surface area contributed by atoms with Crippen molar-refractivity contribution in [2.24, 2.45) is 5.92 Å². The Morgan fingerprint density at radius 3 is 2.19 bits per heavy atom. The van der Waals surface area contributed by atoms with E-state index in [4.69, 9.17) is 0 Å². The fraction of sp³-hybridized carbons (Fsp3) is 0.632. The molecule has 1 N–H and O–H groups in total. The summed E-state index contributed by atoms with van der Waals surface area (Å²) >= 11 is 0. The molecular formula is C19H29NO. The number of nitrogens with one attached hydrogen (secondary N) is 1. The number of carbonyl (C=O) groups excluding carboxylic acids is 1. The fourth-order valence-electron chi connectivity index (χ4n) is 2.95. The van der Waals surface area contributed by atoms with E-state index in [0.717, 1.165) is 25.8 Å². The van der Waals surface area contributed by atoms with Crippen LogP contribution < -0.4 is 5.32 Å². The molecule has 2 heteroatoms. The first kappa shape index (κ1) is 16.1. The molecule has 1 aliphatic carbocycles. The summed E-state index contributed by atoms with van der Waals surface area (Å²) < 4.78 is 0. The van der Waals surface area contributed by atoms with E-state index in [1.165, 1.54) is 28.7 Å². The number of hydrogen-bond donors (Lipinski definition) is 1. The first-order valence-electron chi connectivity index (χ1n) is 8.17. The summed E-state index contributed by atoms with van der Waals surface area (Å²) in [6.45, 7) is 11.9. The summed E-state index contributed by atoms with van der Waals surface area (Å²) in [5.41, 5.74) is 5.65. The van der Waals surface area contributed by atoms with Gasteiger partial charge in [0.1, 0.15) is 0 Å². The largest absolute Gasteiger partial charge is 0.356 e. The van der Waals surface area contributed by atoms with Crippen molar-refractivity contribution in [2.75, 3.05) is 6.54 Å². The highest BCUT2D eigenvalue weighted by molar-refractivity contribution is 5.79. The average molecular weight is 287 g/mol. The minimum absolute atomic E-state index is 0.187. The van der Waals surface area contributed by atoms with E-state index in [1.54, 1.807) is 0 Å². The monoisotopic (exact) mass is 287 g/mol. The molecular weight excluding hydrogens is 258 g/mol. The number of carbonyl (C=O) groups is 1. The zero-order valence-corrected chi connectivity index (χ0v) is 14.2. The SMILES string of the molecule is Cc1cc(C(C)(C)C)cc(C)c1CCNC(=O)C1CCC1. The summed E-state index contributed by atoms with van der Waals surface area (Å²) in [6, 6.07) is 4.60. The Labute approximate surface area is 129 Å². The highest BCUT2D eigenvalue weighted by atomic mass is 16.1. The van der Waals surface area contributed by atoms with Gasteiger partial charge in [-0.3, -0.25) is 4.79 Å². The minimum Gasteiger partial charge on any atom is -0.356 e. The molecule has 0 aliphatic heterocycles. The van der Waals surface area contributed by atoms with Gasteiger partial charge in [-0.1, -0.05) is 39.3 Å². The molecule has 0 aromatic heterocycles. The lowest BCUT2D eigenvalue weighted by Gasteiger charge is -2.24. The molecule has 21 heavy (non-hydrogen) atoms. The van der Waals surface area contributed by atoms with Crippen LogP contribution in [0, 0.1) is 19.8 Å². The van der Waals surface area contributed by atoms with Crippen LogP contribution in [0.3, 0.4) is 0 Å². The van der Waals surface area contributed by atoms with E-state index >= 15 is 0 Å². The van der Waals surface area contributed by atoms with Gasteiger partial charge < -0.3 is 5.32 Å². The van der Waals surface area contributed by atoms with Gasteiger partial charge in [0.25, 0.3) is 0 Å². The zero-order valence-electron chi connectivity index (χ0n) is 14.2. The summed E-state index contributed by atoms with van der Waals surface area (Å²) in [4.78, 5) is 11.9. The summed E-state index contributed by atoms with van der Waals surface area (Å²) in [5, 5.41) is 3.09. The van der Waals surface area contributed by atoms with Crippen LogP contribution in [0.25, 0.3) is 0 Å². The van der Waals surface area contributed by atoms with Crippen LogP contribution >= 0.6 is 0 Å². The predicted molar refractivity (Wildman–Crippen MR) is 88.7 cm³/mol. The molecule has 1 aromatic rings. The van der Waals surface area contributed by atoms with Gasteiger partial charge in [0.15, 0.2) is 0 Å². The van der Waals surface area contributed by atoms with Gasteiger partial charge in [0, 0.05) is 12.5 Å². The Hall–Kier alpha value is -1.31. The highest BCUT2D eigenvalue weighted by Gasteiger charge is 2.24. The molecule has 0 bridgehead atoms. The molecule has 1 amide bonds. The smallest absolute Gasteiger partial charge is 0.223 e. The summed E-state index contributed by atoms with van der Waals surface area (Å²) in [5.74, 6) is 0.540. The van der Waals surface area contributed by atoms with Crippen molar-refractivity contribution >= 4 is 5.91 Å². The summed E-state index contributed by atoms with van der Waals surface area (Å²) in [6.07, 6.45) is 4.29. The number of aryl methyl sites for hydroxylation is 2. The quantitative estimate of drug-likeness (QED) is 0.889. The predicted octanol–water partition coefficient (Wildman–Crippen LogP) is 4.06. The third-order valence-corrected chi connectivity index (χ3v) is 4.71. The molecule has 1 aromatic carbocycles. The third kappa shape index (κ3) is 3.87. The van der Waals surface area contributed by atoms with Crippen molar-refractivity contribution in [3.05, 3.63) is 34.4 Å². The van der Waals surface area contributed by atoms with Gasteiger partial charge in [-0.25, -0.2) is 0 Å². The Morgan fingerprint density at radius 2 is 1.76 bits per heavy atom. The Kier molecular flexibility index (Phi) is 4.75. The minimum atomic E-state index is 0.187. The van der Waals surface area contributed by atoms with Crippen molar-refractivity contribution in [3.63, 3.8) is 0 Å². The van der Waals surface area contributed by atoms with Gasteiger partial charge in [0.2, 0.25) is 5.91 Å². The van der Waals surface area contributed by atoms with Crippen LogP contribution in [0.2, 0.25) is 0 Å². The van der Waals surface area contributed by atoms with Gasteiger partial charge in [-0.2, -0.15) is 0 Å². The van der Waals surface area contributed by atoms with Crippen LogP contribution in [-0.4, -0.2) is 12.5 Å². The number of hydrogen-bond acceptors (Lipinski definition) is 1.